The third-order valence-electron chi connectivity index (χ3n) is 11.7. The number of rotatable bonds is 7. The van der Waals surface area contributed by atoms with Crippen LogP contribution < -0.4 is 0 Å². The number of carbonyl (C=O) groups is 4. The molecule has 0 bridgehead atoms. The zero-order valence-corrected chi connectivity index (χ0v) is 28.2. The van der Waals surface area contributed by atoms with Gasteiger partial charge in [0.05, 0.1) is 29.4 Å². The van der Waals surface area contributed by atoms with E-state index in [0.717, 1.165) is 11.1 Å². The summed E-state index contributed by atoms with van der Waals surface area (Å²) < 4.78 is 43.2. The zero-order valence-electron chi connectivity index (χ0n) is 28.2. The first-order valence-electron chi connectivity index (χ1n) is 16.5. The molecule has 11 nitrogen and oxygen atoms in total. The molecule has 3 saturated heterocycles. The van der Waals surface area contributed by atoms with E-state index in [4.69, 9.17) is 33.2 Å². The molecule has 6 unspecified atom stereocenters. The fourth-order valence-corrected chi connectivity index (χ4v) is 10.4. The summed E-state index contributed by atoms with van der Waals surface area (Å²) in [7, 11) is 2.81. The molecular formula is C37H42O11. The average Bonchev–Trinajstić information content (AvgIpc) is 3.75. The molecule has 2 saturated carbocycles. The fraction of sp³-hybridized carbons (Fsp3) is 0.568. The lowest BCUT2D eigenvalue weighted by atomic mass is 9.51. The lowest BCUT2D eigenvalue weighted by Crippen LogP contribution is -2.60. The lowest BCUT2D eigenvalue weighted by molar-refractivity contribution is -0.238. The molecular weight excluding hydrogens is 620 g/mol. The van der Waals surface area contributed by atoms with E-state index in [-0.39, 0.29) is 0 Å². The Kier molecular flexibility index (Phi) is 7.58. The van der Waals surface area contributed by atoms with E-state index < -0.39 is 94.4 Å². The summed E-state index contributed by atoms with van der Waals surface area (Å²) in [6.45, 7) is 9.09. The van der Waals surface area contributed by atoms with Gasteiger partial charge in [-0.05, 0) is 41.5 Å². The fourth-order valence-electron chi connectivity index (χ4n) is 10.4. The number of methoxy groups -OCH3 is 2. The minimum Gasteiger partial charge on any atom is -0.469 e. The monoisotopic (exact) mass is 662 g/mol. The smallest absolute Gasteiger partial charge is 0.340 e. The van der Waals surface area contributed by atoms with Crippen molar-refractivity contribution in [3.05, 3.63) is 60.2 Å². The highest BCUT2D eigenvalue weighted by Gasteiger charge is 2.97. The van der Waals surface area contributed by atoms with Crippen LogP contribution in [-0.4, -0.2) is 74.6 Å². The third kappa shape index (κ3) is 4.04. The summed E-state index contributed by atoms with van der Waals surface area (Å²) in [4.78, 5) is 53.5. The van der Waals surface area contributed by atoms with Crippen molar-refractivity contribution in [3.63, 3.8) is 0 Å². The SMILES string of the molecule is COC(=O)C(C)[C@H]1CCC23C4OC(=O)C12OC1O[C@@H](OC(=O)c2ccc(-c5ccccc5)cc2)[C@H](OC)C13[C@H](C(C)(C)C)[C@H]4OC(C)=O. The van der Waals surface area contributed by atoms with E-state index in [2.05, 4.69) is 0 Å². The first-order valence-corrected chi connectivity index (χ1v) is 16.5. The van der Waals surface area contributed by atoms with Crippen LogP contribution in [0, 0.1) is 34.0 Å². The molecule has 256 valence electrons. The predicted molar refractivity (Wildman–Crippen MR) is 168 cm³/mol. The summed E-state index contributed by atoms with van der Waals surface area (Å²) in [5.74, 6) is -4.13. The molecule has 3 aliphatic heterocycles. The Balaban J connectivity index is 1.32. The van der Waals surface area contributed by atoms with Crippen LogP contribution in [0.15, 0.2) is 54.6 Å². The van der Waals surface area contributed by atoms with Gasteiger partial charge in [0.15, 0.2) is 11.9 Å². The van der Waals surface area contributed by atoms with Crippen molar-refractivity contribution in [2.75, 3.05) is 14.2 Å². The second-order valence-electron chi connectivity index (χ2n) is 14.8. The molecule has 3 heterocycles. The molecule has 2 aromatic carbocycles. The highest BCUT2D eigenvalue weighted by atomic mass is 16.8. The van der Waals surface area contributed by atoms with Gasteiger partial charge in [0, 0.05) is 25.9 Å². The molecule has 5 fully saturated rings. The van der Waals surface area contributed by atoms with Gasteiger partial charge in [0.2, 0.25) is 6.29 Å². The molecule has 48 heavy (non-hydrogen) atoms. The van der Waals surface area contributed by atoms with Gasteiger partial charge in [-0.2, -0.15) is 0 Å². The third-order valence-corrected chi connectivity index (χ3v) is 11.7. The van der Waals surface area contributed by atoms with Crippen molar-refractivity contribution in [2.45, 2.75) is 84.0 Å². The molecule has 0 amide bonds. The maximum absolute atomic E-state index is 14.2. The number of benzene rings is 2. The summed E-state index contributed by atoms with van der Waals surface area (Å²) in [6, 6.07) is 16.9. The first-order chi connectivity index (χ1) is 22.8. The number of esters is 4. The summed E-state index contributed by atoms with van der Waals surface area (Å²) >= 11 is 0. The van der Waals surface area contributed by atoms with E-state index in [1.807, 2.05) is 63.2 Å². The van der Waals surface area contributed by atoms with Gasteiger partial charge >= 0.3 is 23.9 Å². The largest absolute Gasteiger partial charge is 0.469 e. The van der Waals surface area contributed by atoms with Crippen LogP contribution in [0.3, 0.4) is 0 Å². The number of ether oxygens (including phenoxy) is 7. The van der Waals surface area contributed by atoms with E-state index >= 15 is 0 Å². The van der Waals surface area contributed by atoms with Crippen LogP contribution in [0.5, 0.6) is 0 Å². The van der Waals surface area contributed by atoms with Crippen LogP contribution >= 0.6 is 0 Å². The highest BCUT2D eigenvalue weighted by molar-refractivity contribution is 5.90. The van der Waals surface area contributed by atoms with Crippen molar-refractivity contribution in [2.24, 2.45) is 34.0 Å². The van der Waals surface area contributed by atoms with E-state index in [9.17, 15) is 19.2 Å². The molecule has 5 aliphatic rings. The topological polar surface area (TPSA) is 133 Å². The van der Waals surface area contributed by atoms with Crippen LogP contribution in [0.1, 0.15) is 57.8 Å². The number of hydrogen-bond donors (Lipinski definition) is 0. The molecule has 2 aliphatic carbocycles. The molecule has 2 spiro atoms. The Bertz CT molecular complexity index is 1630. The van der Waals surface area contributed by atoms with Gasteiger partial charge in [0.25, 0.3) is 0 Å². The summed E-state index contributed by atoms with van der Waals surface area (Å²) in [5.41, 5.74) is -2.26. The van der Waals surface area contributed by atoms with Gasteiger partial charge in [-0.25, -0.2) is 9.59 Å². The predicted octanol–water partition coefficient (Wildman–Crippen LogP) is 4.70. The molecule has 0 N–H and O–H groups in total. The molecule has 0 radical (unpaired) electrons. The lowest BCUT2D eigenvalue weighted by Gasteiger charge is -2.48. The Morgan fingerprint density at radius 2 is 1.62 bits per heavy atom. The summed E-state index contributed by atoms with van der Waals surface area (Å²) in [6.07, 6.45) is -4.27. The quantitative estimate of drug-likeness (QED) is 0.302. The van der Waals surface area contributed by atoms with E-state index in [0.29, 0.717) is 18.4 Å². The van der Waals surface area contributed by atoms with E-state index in [1.165, 1.54) is 21.1 Å². The van der Waals surface area contributed by atoms with Crippen LogP contribution in [0.25, 0.3) is 11.1 Å². The zero-order chi connectivity index (χ0) is 34.4. The van der Waals surface area contributed by atoms with Crippen LogP contribution in [0.4, 0.5) is 0 Å². The molecule has 7 rings (SSSR count). The Hall–Kier alpha value is -3.80. The van der Waals surface area contributed by atoms with Gasteiger partial charge in [-0.1, -0.05) is 70.2 Å². The van der Waals surface area contributed by atoms with Crippen molar-refractivity contribution >= 4 is 23.9 Å². The maximum atomic E-state index is 14.2. The van der Waals surface area contributed by atoms with Gasteiger partial charge in [0.1, 0.15) is 18.3 Å². The molecule has 2 aromatic rings. The van der Waals surface area contributed by atoms with Crippen LogP contribution in [0.2, 0.25) is 0 Å². The van der Waals surface area contributed by atoms with Crippen molar-refractivity contribution in [1.82, 2.24) is 0 Å². The van der Waals surface area contributed by atoms with Gasteiger partial charge in [-0.3, -0.25) is 9.59 Å². The maximum Gasteiger partial charge on any atom is 0.340 e. The standard InChI is InChI=1S/C37H42O11/c1-19(29(39)43-7)24-17-18-35-27-25(44-20(2)38)26(34(3,4)5)36(35)28(42-6)31(47-33(36)48-37(24,35)32(41)45-27)46-30(40)23-15-13-22(14-16-23)21-11-9-8-10-12-21/h8-16,19,24-28,31,33H,17-18H2,1-7H3/t19?,24-,25-,26+,27?,28+,31-,33?,35?,36?,37?/m1/s1. The highest BCUT2D eigenvalue weighted by Crippen LogP contribution is 2.84. The Labute approximate surface area is 279 Å². The minimum absolute atomic E-state index is 0.317. The molecule has 11 atom stereocenters. The summed E-state index contributed by atoms with van der Waals surface area (Å²) in [5, 5.41) is 0. The molecule has 0 aromatic heterocycles. The number of carbonyl (C=O) groups excluding carboxylic acids is 4. The minimum atomic E-state index is -1.62. The average molecular weight is 663 g/mol. The van der Waals surface area contributed by atoms with Gasteiger partial charge in [-0.15, -0.1) is 0 Å². The molecule has 11 heteroatoms. The second kappa shape index (κ2) is 11.1. The first kappa shape index (κ1) is 32.7. The Morgan fingerprint density at radius 3 is 2.23 bits per heavy atom. The van der Waals surface area contributed by atoms with Crippen molar-refractivity contribution in [3.8, 4) is 11.1 Å². The normalized spacial score (nSPS) is 38.1. The van der Waals surface area contributed by atoms with Crippen molar-refractivity contribution in [1.29, 1.82) is 0 Å². The second-order valence-corrected chi connectivity index (χ2v) is 14.8. The van der Waals surface area contributed by atoms with Gasteiger partial charge < -0.3 is 33.2 Å². The van der Waals surface area contributed by atoms with Crippen molar-refractivity contribution < 1.29 is 52.3 Å². The van der Waals surface area contributed by atoms with E-state index in [1.54, 1.807) is 19.1 Å². The Morgan fingerprint density at radius 1 is 0.958 bits per heavy atom. The van der Waals surface area contributed by atoms with Crippen LogP contribution in [-0.2, 0) is 47.5 Å². The number of hydrogen-bond acceptors (Lipinski definition) is 11.